The van der Waals surface area contributed by atoms with Gasteiger partial charge in [0, 0.05) is 0 Å². The summed E-state index contributed by atoms with van der Waals surface area (Å²) < 4.78 is 1.11. The van der Waals surface area contributed by atoms with Crippen LogP contribution in [-0.2, 0) is 4.79 Å². The van der Waals surface area contributed by atoms with Gasteiger partial charge in [-0.15, -0.1) is 0 Å². The largest absolute Gasteiger partial charge is 0.506 e. The number of amides is 1. The van der Waals surface area contributed by atoms with Crippen molar-refractivity contribution in [3.8, 4) is 5.75 Å². The third kappa shape index (κ3) is 3.14. The number of fused-ring (bicyclic) bond motifs is 1. The number of anilines is 2. The molecule has 2 aromatic rings. The number of aryl methyl sites for hydroxylation is 2. The molecule has 1 aliphatic rings. The van der Waals surface area contributed by atoms with Gasteiger partial charge in [-0.2, -0.15) is 0 Å². The van der Waals surface area contributed by atoms with Gasteiger partial charge in [-0.05, 0) is 92.7 Å². The maximum absolute atomic E-state index is 12.3. The van der Waals surface area contributed by atoms with E-state index in [0.717, 1.165) is 28.1 Å². The first kappa shape index (κ1) is 16.1. The summed E-state index contributed by atoms with van der Waals surface area (Å²) in [5.74, 6) is -0.0641. The Balaban J connectivity index is 2.01. The molecule has 0 fully saturated rings. The lowest BCUT2D eigenvalue weighted by atomic mass is 10.1. The van der Waals surface area contributed by atoms with E-state index in [9.17, 15) is 9.90 Å². The fraction of sp³-hybridized carbons (Fsp3) is 0.118. The van der Waals surface area contributed by atoms with Crippen molar-refractivity contribution in [2.24, 2.45) is 0 Å². The maximum atomic E-state index is 12.3. The second kappa shape index (κ2) is 6.02. The molecule has 0 atom stereocenters. The van der Waals surface area contributed by atoms with E-state index in [0.29, 0.717) is 14.6 Å². The number of hydrogen-bond acceptors (Lipinski definition) is 3. The Kier molecular flexibility index (Phi) is 4.21. The van der Waals surface area contributed by atoms with Crippen LogP contribution in [0.15, 0.2) is 38.9 Å². The highest BCUT2D eigenvalue weighted by Crippen LogP contribution is 2.35. The van der Waals surface area contributed by atoms with E-state index in [1.165, 1.54) is 0 Å². The third-order valence-electron chi connectivity index (χ3n) is 3.75. The van der Waals surface area contributed by atoms with Gasteiger partial charge in [0.25, 0.3) is 5.91 Å². The minimum Gasteiger partial charge on any atom is -0.506 e. The molecule has 1 amide bonds. The molecule has 3 rings (SSSR count). The fourth-order valence-corrected chi connectivity index (χ4v) is 3.57. The molecule has 6 heteroatoms. The predicted molar refractivity (Wildman–Crippen MR) is 99.7 cm³/mol. The molecule has 2 aromatic carbocycles. The molecule has 0 aliphatic carbocycles. The van der Waals surface area contributed by atoms with E-state index >= 15 is 0 Å². The van der Waals surface area contributed by atoms with Crippen molar-refractivity contribution in [3.63, 3.8) is 0 Å². The van der Waals surface area contributed by atoms with Crippen LogP contribution in [0.1, 0.15) is 16.7 Å². The van der Waals surface area contributed by atoms with Crippen LogP contribution in [0.4, 0.5) is 11.4 Å². The molecule has 0 saturated heterocycles. The normalized spacial score (nSPS) is 15.1. The van der Waals surface area contributed by atoms with Gasteiger partial charge in [-0.1, -0.05) is 0 Å². The van der Waals surface area contributed by atoms with Gasteiger partial charge < -0.3 is 15.7 Å². The van der Waals surface area contributed by atoms with Crippen molar-refractivity contribution < 1.29 is 9.90 Å². The van der Waals surface area contributed by atoms with Crippen molar-refractivity contribution in [1.82, 2.24) is 0 Å². The molecular formula is C17H14Br2N2O2. The lowest BCUT2D eigenvalue weighted by molar-refractivity contribution is -0.112. The van der Waals surface area contributed by atoms with Crippen LogP contribution in [0.2, 0.25) is 0 Å². The van der Waals surface area contributed by atoms with Gasteiger partial charge in [-0.3, -0.25) is 4.79 Å². The number of nitrogens with one attached hydrogen (secondary N) is 2. The monoisotopic (exact) mass is 436 g/mol. The van der Waals surface area contributed by atoms with Crippen LogP contribution in [-0.4, -0.2) is 11.0 Å². The van der Waals surface area contributed by atoms with Gasteiger partial charge in [0.1, 0.15) is 11.4 Å². The van der Waals surface area contributed by atoms with E-state index in [-0.39, 0.29) is 11.7 Å². The van der Waals surface area contributed by atoms with Gasteiger partial charge >= 0.3 is 0 Å². The number of hydrogen-bond donors (Lipinski definition) is 3. The summed E-state index contributed by atoms with van der Waals surface area (Å²) in [6.45, 7) is 4.05. The van der Waals surface area contributed by atoms with E-state index in [1.54, 1.807) is 18.2 Å². The Hall–Kier alpha value is -1.79. The minimum absolute atomic E-state index is 0.129. The van der Waals surface area contributed by atoms with E-state index in [1.807, 2.05) is 26.0 Å². The molecule has 23 heavy (non-hydrogen) atoms. The molecule has 0 saturated carbocycles. The summed E-state index contributed by atoms with van der Waals surface area (Å²) in [4.78, 5) is 12.3. The summed E-state index contributed by atoms with van der Waals surface area (Å²) >= 11 is 6.58. The van der Waals surface area contributed by atoms with Crippen molar-refractivity contribution >= 4 is 55.2 Å². The number of rotatable bonds is 1. The van der Waals surface area contributed by atoms with E-state index in [4.69, 9.17) is 0 Å². The Morgan fingerprint density at radius 2 is 1.48 bits per heavy atom. The smallest absolute Gasteiger partial charge is 0.272 e. The zero-order chi connectivity index (χ0) is 16.7. The van der Waals surface area contributed by atoms with Gasteiger partial charge in [0.15, 0.2) is 0 Å². The number of phenolic OH excluding ortho intramolecular Hbond substituents is 1. The number of carbonyl (C=O) groups is 1. The molecule has 0 radical (unpaired) electrons. The summed E-state index contributed by atoms with van der Waals surface area (Å²) in [5.41, 5.74) is 5.17. The quantitative estimate of drug-likeness (QED) is 0.553. The topological polar surface area (TPSA) is 61.4 Å². The number of phenols is 1. The number of carbonyl (C=O) groups excluding carboxylic acids is 1. The molecular weight excluding hydrogens is 424 g/mol. The molecule has 3 N–H and O–H groups in total. The van der Waals surface area contributed by atoms with Crippen LogP contribution >= 0.6 is 31.9 Å². The first-order chi connectivity index (χ1) is 10.8. The Morgan fingerprint density at radius 3 is 2.04 bits per heavy atom. The van der Waals surface area contributed by atoms with Crippen molar-refractivity contribution in [3.05, 3.63) is 55.6 Å². The number of benzene rings is 2. The highest BCUT2D eigenvalue weighted by Gasteiger charge is 2.20. The lowest BCUT2D eigenvalue weighted by Crippen LogP contribution is -2.25. The highest BCUT2D eigenvalue weighted by atomic mass is 79.9. The van der Waals surface area contributed by atoms with Gasteiger partial charge in [0.2, 0.25) is 0 Å². The maximum Gasteiger partial charge on any atom is 0.272 e. The minimum atomic E-state index is -0.193. The molecule has 0 spiro atoms. The molecule has 1 aliphatic heterocycles. The first-order valence-electron chi connectivity index (χ1n) is 6.94. The molecule has 118 valence electrons. The van der Waals surface area contributed by atoms with Gasteiger partial charge in [0.05, 0.1) is 20.3 Å². The molecule has 0 unspecified atom stereocenters. The number of halogens is 2. The van der Waals surface area contributed by atoms with Crippen molar-refractivity contribution in [2.45, 2.75) is 13.8 Å². The Bertz CT molecular complexity index is 837. The zero-order valence-corrected chi connectivity index (χ0v) is 15.7. The fourth-order valence-electron chi connectivity index (χ4n) is 2.35. The highest BCUT2D eigenvalue weighted by molar-refractivity contribution is 9.11. The Morgan fingerprint density at radius 1 is 0.957 bits per heavy atom. The summed E-state index contributed by atoms with van der Waals surface area (Å²) in [7, 11) is 0. The zero-order valence-electron chi connectivity index (χ0n) is 12.5. The Labute approximate surface area is 150 Å². The van der Waals surface area contributed by atoms with Crippen LogP contribution < -0.4 is 10.6 Å². The molecule has 0 aromatic heterocycles. The summed E-state index contributed by atoms with van der Waals surface area (Å²) in [6, 6.07) is 7.47. The van der Waals surface area contributed by atoms with E-state index < -0.39 is 0 Å². The van der Waals surface area contributed by atoms with Crippen molar-refractivity contribution in [1.29, 1.82) is 0 Å². The van der Waals surface area contributed by atoms with Crippen LogP contribution in [0, 0.1) is 13.8 Å². The average molecular weight is 438 g/mol. The average Bonchev–Trinajstić information content (AvgIpc) is 2.48. The van der Waals surface area contributed by atoms with E-state index in [2.05, 4.69) is 42.5 Å². The summed E-state index contributed by atoms with van der Waals surface area (Å²) in [6.07, 6.45) is 1.74. The van der Waals surface area contributed by atoms with Crippen LogP contribution in [0.25, 0.3) is 6.08 Å². The first-order valence-corrected chi connectivity index (χ1v) is 8.53. The van der Waals surface area contributed by atoms with Crippen LogP contribution in [0.5, 0.6) is 5.75 Å². The van der Waals surface area contributed by atoms with Gasteiger partial charge in [-0.25, -0.2) is 0 Å². The molecule has 4 nitrogen and oxygen atoms in total. The number of aromatic hydroxyl groups is 1. The standard InChI is InChI=1S/C17H14Br2N2O2/c1-8-3-13-14(4-9(8)2)21-17(23)15(20-13)7-10-5-11(18)16(22)12(19)6-10/h3-7,20,22H,1-2H3,(H,21,23)/b15-7-. The SMILES string of the molecule is Cc1cc2c(cc1C)N/C(=C\c1cc(Br)c(O)c(Br)c1)C(=O)N2. The second-order valence-corrected chi connectivity index (χ2v) is 7.16. The molecule has 1 heterocycles. The van der Waals surface area contributed by atoms with Crippen LogP contribution in [0.3, 0.4) is 0 Å². The van der Waals surface area contributed by atoms with Crippen molar-refractivity contribution in [2.75, 3.05) is 10.6 Å². The predicted octanol–water partition coefficient (Wildman–Crippen LogP) is 4.94. The lowest BCUT2D eigenvalue weighted by Gasteiger charge is -2.22. The molecule has 0 bridgehead atoms. The third-order valence-corrected chi connectivity index (χ3v) is 4.96. The second-order valence-electron chi connectivity index (χ2n) is 5.45. The summed E-state index contributed by atoms with van der Waals surface area (Å²) in [5, 5.41) is 15.8.